The van der Waals surface area contributed by atoms with Crippen molar-refractivity contribution in [2.45, 2.75) is 147 Å². The first kappa shape index (κ1) is 46.0. The van der Waals surface area contributed by atoms with Crippen LogP contribution in [0.3, 0.4) is 0 Å². The van der Waals surface area contributed by atoms with E-state index in [1.807, 2.05) is 0 Å². The smallest absolute Gasteiger partial charge is 0.224 e. The minimum atomic E-state index is -2.68. The second kappa shape index (κ2) is 19.1. The molecular formula is C30H52O26. The number of aliphatic hydroxyl groups excluding tert-OH is 17. The summed E-state index contributed by atoms with van der Waals surface area (Å²) in [6, 6.07) is 0. The van der Waals surface area contributed by atoms with Crippen LogP contribution in [0.25, 0.3) is 0 Å². The SMILES string of the molecule is OC[C@H]1O[C@H](OC[C@H]2O[C@H](OC[C@@]3(O[C@H]4O[C@H](CO[C@H]5O[C@H](CO)[C@H](O)[C@H](O)[C@H]5O)[C@@H](O)[C@H](O)[C@H]4O)O[C@H](CO)[C@@H](O)[C@@H]3O)[C@H](O)[C@@H](O)[C@H]2O)[C@H](O)[C@@H](O)[C@H]1O. The van der Waals surface area contributed by atoms with Gasteiger partial charge in [-0.3, -0.25) is 0 Å². The lowest BCUT2D eigenvalue weighted by Crippen LogP contribution is -2.64. The van der Waals surface area contributed by atoms with E-state index in [4.69, 9.17) is 42.6 Å². The maximum absolute atomic E-state index is 11.1. The number of hydrogen-bond acceptors (Lipinski definition) is 26. The zero-order valence-corrected chi connectivity index (χ0v) is 29.3. The molecule has 0 aromatic rings. The highest BCUT2D eigenvalue weighted by Crippen LogP contribution is 2.38. The second-order valence-electron chi connectivity index (χ2n) is 14.1. The zero-order chi connectivity index (χ0) is 41.4. The van der Waals surface area contributed by atoms with Crippen LogP contribution in [0.5, 0.6) is 0 Å². The van der Waals surface area contributed by atoms with E-state index in [1.165, 1.54) is 0 Å². The van der Waals surface area contributed by atoms with Crippen LogP contribution in [0.1, 0.15) is 0 Å². The van der Waals surface area contributed by atoms with Crippen LogP contribution in [0.15, 0.2) is 0 Å². The summed E-state index contributed by atoms with van der Waals surface area (Å²) in [4.78, 5) is 0. The van der Waals surface area contributed by atoms with Crippen LogP contribution in [-0.4, -0.2) is 273 Å². The maximum Gasteiger partial charge on any atom is 0.224 e. The molecule has 0 saturated carbocycles. The van der Waals surface area contributed by atoms with E-state index < -0.39 is 187 Å². The highest BCUT2D eigenvalue weighted by atomic mass is 16.8. The Balaban J connectivity index is 1.28. The van der Waals surface area contributed by atoms with Gasteiger partial charge in [0, 0.05) is 0 Å². The van der Waals surface area contributed by atoms with E-state index >= 15 is 0 Å². The van der Waals surface area contributed by atoms with Crippen molar-refractivity contribution in [1.29, 1.82) is 0 Å². The largest absolute Gasteiger partial charge is 0.394 e. The third-order valence-electron chi connectivity index (χ3n) is 10.3. The van der Waals surface area contributed by atoms with Gasteiger partial charge in [0.05, 0.1) is 33.0 Å². The first-order valence-corrected chi connectivity index (χ1v) is 17.6. The predicted octanol–water partition coefficient (Wildman–Crippen LogP) is -11.9. The van der Waals surface area contributed by atoms with E-state index in [2.05, 4.69) is 0 Å². The Kier molecular flexibility index (Phi) is 15.7. The second-order valence-corrected chi connectivity index (χ2v) is 14.1. The van der Waals surface area contributed by atoms with Crippen molar-refractivity contribution in [2.75, 3.05) is 39.6 Å². The van der Waals surface area contributed by atoms with E-state index in [-0.39, 0.29) is 0 Å². The summed E-state index contributed by atoms with van der Waals surface area (Å²) in [6.45, 7) is -5.13. The molecule has 0 aliphatic carbocycles. The fourth-order valence-electron chi connectivity index (χ4n) is 6.78. The van der Waals surface area contributed by atoms with Crippen molar-refractivity contribution in [2.24, 2.45) is 0 Å². The van der Waals surface area contributed by atoms with Gasteiger partial charge in [-0.25, -0.2) is 0 Å². The molecule has 5 rings (SSSR count). The van der Waals surface area contributed by atoms with Gasteiger partial charge in [-0.1, -0.05) is 0 Å². The molecule has 328 valence electrons. The summed E-state index contributed by atoms with van der Waals surface area (Å²) in [6.07, 6.45) is -42.1. The first-order chi connectivity index (χ1) is 26.4. The molecule has 0 spiro atoms. The van der Waals surface area contributed by atoms with Crippen LogP contribution >= 0.6 is 0 Å². The molecule has 5 fully saturated rings. The molecular weight excluding hydrogens is 776 g/mol. The van der Waals surface area contributed by atoms with Gasteiger partial charge in [0.25, 0.3) is 0 Å². The van der Waals surface area contributed by atoms with Gasteiger partial charge in [0.2, 0.25) is 5.79 Å². The van der Waals surface area contributed by atoms with Gasteiger partial charge in [-0.2, -0.15) is 0 Å². The van der Waals surface area contributed by atoms with Crippen molar-refractivity contribution in [3.8, 4) is 0 Å². The molecule has 26 nitrogen and oxygen atoms in total. The Morgan fingerprint density at radius 3 is 1.09 bits per heavy atom. The minimum absolute atomic E-state index is 0.742. The topological polar surface area (TPSA) is 427 Å². The fraction of sp³-hybridized carbons (Fsp3) is 1.00. The van der Waals surface area contributed by atoms with Gasteiger partial charge in [-0.15, -0.1) is 0 Å². The summed E-state index contributed by atoms with van der Waals surface area (Å²) < 4.78 is 49.3. The molecule has 26 heteroatoms. The predicted molar refractivity (Wildman–Crippen MR) is 167 cm³/mol. The van der Waals surface area contributed by atoms with Gasteiger partial charge < -0.3 is 129 Å². The molecule has 5 heterocycles. The normalized spacial score (nSPS) is 53.0. The van der Waals surface area contributed by atoms with Gasteiger partial charge in [-0.05, 0) is 0 Å². The van der Waals surface area contributed by atoms with E-state index in [1.54, 1.807) is 0 Å². The van der Waals surface area contributed by atoms with Crippen molar-refractivity contribution in [1.82, 2.24) is 0 Å². The summed E-state index contributed by atoms with van der Waals surface area (Å²) in [7, 11) is 0. The molecule has 0 amide bonds. The summed E-state index contributed by atoms with van der Waals surface area (Å²) in [5.41, 5.74) is 0. The third-order valence-corrected chi connectivity index (χ3v) is 10.3. The van der Waals surface area contributed by atoms with Crippen LogP contribution in [0.4, 0.5) is 0 Å². The molecule has 0 unspecified atom stereocenters. The van der Waals surface area contributed by atoms with Gasteiger partial charge in [0.1, 0.15) is 123 Å². The van der Waals surface area contributed by atoms with E-state index in [0.29, 0.717) is 0 Å². The van der Waals surface area contributed by atoms with E-state index in [9.17, 15) is 86.8 Å². The highest BCUT2D eigenvalue weighted by molar-refractivity contribution is 5.00. The summed E-state index contributed by atoms with van der Waals surface area (Å²) in [5, 5.41) is 175. The molecule has 5 aliphatic rings. The van der Waals surface area contributed by atoms with Crippen LogP contribution in [0, 0.1) is 0 Å². The summed E-state index contributed by atoms with van der Waals surface area (Å²) in [5.74, 6) is -2.68. The van der Waals surface area contributed by atoms with E-state index in [0.717, 1.165) is 0 Å². The standard InChI is InChI=1S/C30H52O26/c31-1-7-12(34)17(39)21(43)26(51-7)48-4-10-14(36)19(41)23(45)28(53-10)50-6-30(25(47)16(38)9(3-33)55-30)56-29-24(46)20(42)15(37)11(54-29)5-49-27-22(44)18(40)13(35)8(2-32)52-27/h7-29,31-47H,1-6H2/t7-,8-,9-,10-,11-,12+,13+,14+,15-,16-,17+,18+,19+,20+,21-,22-,23-,24-,25+,26+,27+,28+,29-,30+/m1/s1. The lowest BCUT2D eigenvalue weighted by molar-refractivity contribution is -0.400. The number of hydrogen-bond donors (Lipinski definition) is 17. The van der Waals surface area contributed by atoms with Crippen LogP contribution < -0.4 is 0 Å². The highest BCUT2D eigenvalue weighted by Gasteiger charge is 2.60. The third kappa shape index (κ3) is 9.16. The molecule has 17 N–H and O–H groups in total. The van der Waals surface area contributed by atoms with Crippen molar-refractivity contribution in [3.63, 3.8) is 0 Å². The molecule has 0 bridgehead atoms. The van der Waals surface area contributed by atoms with Crippen LogP contribution in [-0.2, 0) is 42.6 Å². The zero-order valence-electron chi connectivity index (χ0n) is 29.3. The Labute approximate surface area is 316 Å². The summed E-state index contributed by atoms with van der Waals surface area (Å²) >= 11 is 0. The average molecular weight is 829 g/mol. The Morgan fingerprint density at radius 2 is 0.696 bits per heavy atom. The number of ether oxygens (including phenoxy) is 9. The van der Waals surface area contributed by atoms with Crippen molar-refractivity contribution in [3.05, 3.63) is 0 Å². The molecule has 24 atom stereocenters. The molecule has 5 aliphatic heterocycles. The molecule has 0 aromatic heterocycles. The molecule has 0 aromatic carbocycles. The average Bonchev–Trinajstić information content (AvgIpc) is 3.43. The lowest BCUT2D eigenvalue weighted by Gasteiger charge is -2.45. The number of rotatable bonds is 14. The molecule has 56 heavy (non-hydrogen) atoms. The minimum Gasteiger partial charge on any atom is -0.394 e. The Morgan fingerprint density at radius 1 is 0.357 bits per heavy atom. The molecule has 0 radical (unpaired) electrons. The lowest BCUT2D eigenvalue weighted by atomic mass is 9.98. The maximum atomic E-state index is 11.1. The van der Waals surface area contributed by atoms with Crippen molar-refractivity contribution >= 4 is 0 Å². The molecule has 5 saturated heterocycles. The quantitative estimate of drug-likeness (QED) is 0.0773. The van der Waals surface area contributed by atoms with Crippen LogP contribution in [0.2, 0.25) is 0 Å². The van der Waals surface area contributed by atoms with Gasteiger partial charge >= 0.3 is 0 Å². The van der Waals surface area contributed by atoms with Crippen molar-refractivity contribution < 1.29 is 129 Å². The Hall–Kier alpha value is -1.04. The monoisotopic (exact) mass is 828 g/mol. The van der Waals surface area contributed by atoms with Gasteiger partial charge in [0.15, 0.2) is 25.2 Å². The first-order valence-electron chi connectivity index (χ1n) is 17.6. The Bertz CT molecular complexity index is 1220. The fourth-order valence-corrected chi connectivity index (χ4v) is 6.78. The number of aliphatic hydroxyl groups is 17.